The summed E-state index contributed by atoms with van der Waals surface area (Å²) in [5, 5.41) is 6.54. The minimum Gasteiger partial charge on any atom is -0.263 e. The number of aromatic amines is 1. The lowest BCUT2D eigenvalue weighted by molar-refractivity contribution is 0.458. The molecule has 0 radical (unpaired) electrons. The Kier molecular flexibility index (Phi) is 3.66. The highest BCUT2D eigenvalue weighted by Crippen LogP contribution is 2.25. The van der Waals surface area contributed by atoms with Crippen molar-refractivity contribution in [1.29, 1.82) is 0 Å². The highest BCUT2D eigenvalue weighted by molar-refractivity contribution is 7.91. The van der Waals surface area contributed by atoms with Crippen molar-refractivity contribution in [1.82, 2.24) is 24.5 Å². The number of H-pyrrole nitrogens is 1. The number of nitrogens with zero attached hydrogens (tertiary/aromatic N) is 4. The van der Waals surface area contributed by atoms with E-state index in [1.165, 1.54) is 13.2 Å². The fourth-order valence-corrected chi connectivity index (χ4v) is 3.89. The summed E-state index contributed by atoms with van der Waals surface area (Å²) in [6, 6.07) is 0. The molecule has 0 spiro atoms. The van der Waals surface area contributed by atoms with Crippen LogP contribution >= 0.6 is 22.9 Å². The molecule has 2 rings (SSSR count). The lowest BCUT2D eigenvalue weighted by Crippen LogP contribution is -2.26. The third kappa shape index (κ3) is 2.69. The summed E-state index contributed by atoms with van der Waals surface area (Å²) in [7, 11) is -2.14. The van der Waals surface area contributed by atoms with E-state index in [2.05, 4.69) is 20.2 Å². The SMILES string of the molecule is Cc1nc(CN(C)S(=O)(=O)c2cnc(Cl)s2)n[nH]1. The van der Waals surface area contributed by atoms with Gasteiger partial charge in [0.15, 0.2) is 14.5 Å². The van der Waals surface area contributed by atoms with Gasteiger partial charge < -0.3 is 0 Å². The minimum atomic E-state index is -3.60. The van der Waals surface area contributed by atoms with Crippen molar-refractivity contribution in [2.24, 2.45) is 0 Å². The smallest absolute Gasteiger partial charge is 0.254 e. The van der Waals surface area contributed by atoms with Crippen LogP contribution in [0, 0.1) is 6.92 Å². The highest BCUT2D eigenvalue weighted by atomic mass is 35.5. The summed E-state index contributed by atoms with van der Waals surface area (Å²) < 4.78 is 25.7. The van der Waals surface area contributed by atoms with Crippen LogP contribution in [0.3, 0.4) is 0 Å². The first kappa shape index (κ1) is 13.4. The average Bonchev–Trinajstić information content (AvgIpc) is 2.88. The van der Waals surface area contributed by atoms with Crippen molar-refractivity contribution in [3.63, 3.8) is 0 Å². The molecular weight excluding hydrogens is 298 g/mol. The van der Waals surface area contributed by atoms with Crippen LogP contribution in [0.4, 0.5) is 0 Å². The van der Waals surface area contributed by atoms with Gasteiger partial charge in [-0.25, -0.2) is 18.4 Å². The first-order chi connectivity index (χ1) is 8.39. The zero-order chi connectivity index (χ0) is 13.3. The molecule has 0 saturated heterocycles. The lowest BCUT2D eigenvalue weighted by atomic mass is 10.6. The Bertz CT molecular complexity index is 650. The third-order valence-electron chi connectivity index (χ3n) is 2.13. The molecule has 98 valence electrons. The second-order valence-corrected chi connectivity index (χ2v) is 7.41. The van der Waals surface area contributed by atoms with Crippen LogP contribution in [0.2, 0.25) is 4.47 Å². The van der Waals surface area contributed by atoms with Gasteiger partial charge >= 0.3 is 0 Å². The molecule has 0 unspecified atom stereocenters. The summed E-state index contributed by atoms with van der Waals surface area (Å²) in [5.74, 6) is 1.05. The normalized spacial score (nSPS) is 12.2. The Labute approximate surface area is 113 Å². The molecule has 0 aliphatic heterocycles. The maximum Gasteiger partial charge on any atom is 0.254 e. The third-order valence-corrected chi connectivity index (χ3v) is 5.48. The van der Waals surface area contributed by atoms with E-state index in [1.54, 1.807) is 6.92 Å². The van der Waals surface area contributed by atoms with E-state index in [4.69, 9.17) is 11.6 Å². The van der Waals surface area contributed by atoms with Crippen molar-refractivity contribution in [3.05, 3.63) is 22.3 Å². The molecule has 1 N–H and O–H groups in total. The quantitative estimate of drug-likeness (QED) is 0.911. The molecule has 0 aliphatic rings. The van der Waals surface area contributed by atoms with E-state index in [9.17, 15) is 8.42 Å². The highest BCUT2D eigenvalue weighted by Gasteiger charge is 2.24. The number of aryl methyl sites for hydroxylation is 1. The van der Waals surface area contributed by atoms with E-state index in [0.717, 1.165) is 15.6 Å². The van der Waals surface area contributed by atoms with E-state index >= 15 is 0 Å². The minimum absolute atomic E-state index is 0.0855. The summed E-state index contributed by atoms with van der Waals surface area (Å²) in [4.78, 5) is 7.77. The molecule has 2 aromatic rings. The van der Waals surface area contributed by atoms with E-state index in [-0.39, 0.29) is 15.2 Å². The molecule has 0 aliphatic carbocycles. The summed E-state index contributed by atoms with van der Waals surface area (Å²) in [6.07, 6.45) is 1.24. The molecule has 0 aromatic carbocycles. The molecule has 7 nitrogen and oxygen atoms in total. The number of sulfonamides is 1. The van der Waals surface area contributed by atoms with E-state index < -0.39 is 10.0 Å². The van der Waals surface area contributed by atoms with Crippen molar-refractivity contribution >= 4 is 33.0 Å². The van der Waals surface area contributed by atoms with Crippen molar-refractivity contribution in [2.75, 3.05) is 7.05 Å². The molecular formula is C8H10ClN5O2S2. The Morgan fingerprint density at radius 2 is 2.28 bits per heavy atom. The molecule has 18 heavy (non-hydrogen) atoms. The molecule has 0 bridgehead atoms. The van der Waals surface area contributed by atoms with Crippen LogP contribution in [0.1, 0.15) is 11.6 Å². The average molecular weight is 308 g/mol. The van der Waals surface area contributed by atoms with Crippen LogP contribution in [-0.2, 0) is 16.6 Å². The number of halogens is 1. The largest absolute Gasteiger partial charge is 0.263 e. The number of thiazole rings is 1. The number of rotatable bonds is 4. The zero-order valence-corrected chi connectivity index (χ0v) is 12.0. The van der Waals surface area contributed by atoms with Crippen molar-refractivity contribution in [2.45, 2.75) is 17.7 Å². The molecule has 0 fully saturated rings. The standard InChI is InChI=1S/C8H10ClN5O2S2/c1-5-11-6(13-12-5)4-14(2)18(15,16)7-3-10-8(9)17-7/h3H,4H2,1-2H3,(H,11,12,13). The van der Waals surface area contributed by atoms with Crippen LogP contribution < -0.4 is 0 Å². The summed E-state index contributed by atoms with van der Waals surface area (Å²) in [6.45, 7) is 1.83. The maximum absolute atomic E-state index is 12.1. The second kappa shape index (κ2) is 4.92. The Hall–Kier alpha value is -1.03. The number of nitrogens with one attached hydrogen (secondary N) is 1. The fraction of sp³-hybridized carbons (Fsp3) is 0.375. The van der Waals surface area contributed by atoms with Crippen LogP contribution in [0.15, 0.2) is 10.4 Å². The maximum atomic E-state index is 12.1. The molecule has 2 aromatic heterocycles. The lowest BCUT2D eigenvalue weighted by Gasteiger charge is -2.13. The molecule has 2 heterocycles. The Morgan fingerprint density at radius 1 is 1.56 bits per heavy atom. The number of hydrogen-bond acceptors (Lipinski definition) is 6. The first-order valence-corrected chi connectivity index (χ1v) is 7.48. The summed E-state index contributed by atoms with van der Waals surface area (Å²) in [5.41, 5.74) is 0. The predicted molar refractivity (Wildman–Crippen MR) is 66.9 cm³/mol. The molecule has 0 atom stereocenters. The number of aromatic nitrogens is 4. The Balaban J connectivity index is 2.20. The van der Waals surface area contributed by atoms with Gasteiger partial charge in [-0.2, -0.15) is 9.40 Å². The summed E-state index contributed by atoms with van der Waals surface area (Å²) >= 11 is 6.54. The Morgan fingerprint density at radius 3 is 2.78 bits per heavy atom. The van der Waals surface area contributed by atoms with Gasteiger partial charge in [0.05, 0.1) is 12.7 Å². The molecule has 10 heteroatoms. The molecule has 0 amide bonds. The van der Waals surface area contributed by atoms with Crippen molar-refractivity contribution in [3.8, 4) is 0 Å². The van der Waals surface area contributed by atoms with Gasteiger partial charge in [-0.1, -0.05) is 22.9 Å². The van der Waals surface area contributed by atoms with Gasteiger partial charge in [0.2, 0.25) is 0 Å². The van der Waals surface area contributed by atoms with Gasteiger partial charge in [0.1, 0.15) is 5.82 Å². The van der Waals surface area contributed by atoms with Gasteiger partial charge in [0.25, 0.3) is 10.0 Å². The second-order valence-electron chi connectivity index (χ2n) is 3.53. The van der Waals surface area contributed by atoms with Gasteiger partial charge in [0, 0.05) is 7.05 Å². The van der Waals surface area contributed by atoms with E-state index in [0.29, 0.717) is 11.6 Å². The van der Waals surface area contributed by atoms with Crippen molar-refractivity contribution < 1.29 is 8.42 Å². The van der Waals surface area contributed by atoms with Gasteiger partial charge in [-0.15, -0.1) is 0 Å². The fourth-order valence-electron chi connectivity index (χ4n) is 1.26. The van der Waals surface area contributed by atoms with Crippen LogP contribution in [-0.4, -0.2) is 39.9 Å². The topological polar surface area (TPSA) is 91.8 Å². The molecule has 0 saturated carbocycles. The first-order valence-electron chi connectivity index (χ1n) is 4.85. The van der Waals surface area contributed by atoms with E-state index in [1.807, 2.05) is 0 Å². The van der Waals surface area contributed by atoms with Gasteiger partial charge in [-0.05, 0) is 6.92 Å². The zero-order valence-electron chi connectivity index (χ0n) is 9.58. The van der Waals surface area contributed by atoms with Crippen LogP contribution in [0.5, 0.6) is 0 Å². The van der Waals surface area contributed by atoms with Gasteiger partial charge in [-0.3, -0.25) is 5.10 Å². The number of hydrogen-bond donors (Lipinski definition) is 1. The predicted octanol–water partition coefficient (Wildman–Crippen LogP) is 1.04. The van der Waals surface area contributed by atoms with Crippen LogP contribution in [0.25, 0.3) is 0 Å². The monoisotopic (exact) mass is 307 g/mol.